The summed E-state index contributed by atoms with van der Waals surface area (Å²) < 4.78 is 16.9. The van der Waals surface area contributed by atoms with Crippen molar-refractivity contribution in [2.45, 2.75) is 335 Å². The van der Waals surface area contributed by atoms with E-state index in [-0.39, 0.29) is 37.5 Å². The SMILES string of the molecule is CC/C=C\C/C=C\C/C=C\C/C=C\C/C=C\C/C=C\C/C=C\CCCC(=O)OC(COC(=O)CCCCCCCCCCCC)COC(=O)CCCCCCCCCCCCCCCCCCCCCCCCCCCC. The predicted molar refractivity (Wildman–Crippen MR) is 334 cm³/mol. The van der Waals surface area contributed by atoms with Crippen molar-refractivity contribution in [3.05, 3.63) is 85.1 Å². The Morgan fingerprint density at radius 1 is 0.273 bits per heavy atom. The summed E-state index contributed by atoms with van der Waals surface area (Å²) in [5.74, 6) is -0.943. The Balaban J connectivity index is 4.28. The maximum absolute atomic E-state index is 12.9. The second-order valence-electron chi connectivity index (χ2n) is 22.0. The first-order chi connectivity index (χ1) is 38.0. The summed E-state index contributed by atoms with van der Waals surface area (Å²) >= 11 is 0. The highest BCUT2D eigenvalue weighted by atomic mass is 16.6. The van der Waals surface area contributed by atoms with Crippen molar-refractivity contribution in [3.63, 3.8) is 0 Å². The average molecular weight is 1070 g/mol. The zero-order valence-electron chi connectivity index (χ0n) is 51.0. The van der Waals surface area contributed by atoms with E-state index in [0.29, 0.717) is 19.3 Å². The highest BCUT2D eigenvalue weighted by molar-refractivity contribution is 5.71. The van der Waals surface area contributed by atoms with Crippen LogP contribution in [-0.4, -0.2) is 37.2 Å². The third-order valence-electron chi connectivity index (χ3n) is 14.4. The van der Waals surface area contributed by atoms with Crippen molar-refractivity contribution in [2.24, 2.45) is 0 Å². The number of hydrogen-bond donors (Lipinski definition) is 0. The fourth-order valence-corrected chi connectivity index (χ4v) is 9.49. The number of unbranched alkanes of at least 4 members (excludes halogenated alkanes) is 35. The van der Waals surface area contributed by atoms with Crippen LogP contribution < -0.4 is 0 Å². The molecule has 0 radical (unpaired) electrons. The number of ether oxygens (including phenoxy) is 3. The van der Waals surface area contributed by atoms with Crippen LogP contribution in [0.3, 0.4) is 0 Å². The molecule has 0 heterocycles. The molecule has 0 N–H and O–H groups in total. The lowest BCUT2D eigenvalue weighted by molar-refractivity contribution is -0.167. The molecule has 1 unspecified atom stereocenters. The van der Waals surface area contributed by atoms with Crippen LogP contribution >= 0.6 is 0 Å². The standard InChI is InChI=1S/C71H124O6/c1-4-7-10-13-16-19-22-24-26-28-30-32-34-35-36-38-39-41-43-45-47-49-52-55-58-61-64-70(73)76-67-68(66-75-69(72)63-60-57-54-51-21-18-15-12-9-6-3)77-71(74)65-62-59-56-53-50-48-46-44-42-40-37-33-31-29-27-25-23-20-17-14-11-8-5-2/h8,11,17,20,25,27,31,33,40,42,46,48,53,56,68H,4-7,9-10,12-16,18-19,21-24,26,28-30,32,34-39,41,43-45,47,49-52,54-55,57-67H2,1-3H3/b11-8-,20-17-,27-25-,33-31-,42-40-,48-46-,56-53-. The number of rotatable bonds is 60. The molecule has 77 heavy (non-hydrogen) atoms. The number of allylic oxidation sites excluding steroid dienone is 14. The molecule has 0 aliphatic carbocycles. The molecule has 0 bridgehead atoms. The van der Waals surface area contributed by atoms with E-state index in [9.17, 15) is 14.4 Å². The number of carbonyl (C=O) groups is 3. The quantitative estimate of drug-likeness (QED) is 0.0261. The van der Waals surface area contributed by atoms with E-state index in [1.807, 2.05) is 0 Å². The molecule has 0 aliphatic heterocycles. The van der Waals surface area contributed by atoms with Crippen LogP contribution in [0.5, 0.6) is 0 Å². The maximum atomic E-state index is 12.9. The Kier molecular flexibility index (Phi) is 62.2. The molecule has 0 aromatic carbocycles. The normalized spacial score (nSPS) is 12.6. The van der Waals surface area contributed by atoms with Crippen LogP contribution in [0.15, 0.2) is 85.1 Å². The molecule has 1 atom stereocenters. The number of esters is 3. The first kappa shape index (κ1) is 73.6. The van der Waals surface area contributed by atoms with Gasteiger partial charge >= 0.3 is 17.9 Å². The summed E-state index contributed by atoms with van der Waals surface area (Å²) in [5, 5.41) is 0. The van der Waals surface area contributed by atoms with Crippen LogP contribution in [0.2, 0.25) is 0 Å². The Morgan fingerprint density at radius 3 is 0.779 bits per heavy atom. The van der Waals surface area contributed by atoms with Crippen LogP contribution in [0, 0.1) is 0 Å². The Bertz CT molecular complexity index is 1470. The van der Waals surface area contributed by atoms with Gasteiger partial charge in [0.25, 0.3) is 0 Å². The zero-order valence-corrected chi connectivity index (χ0v) is 51.0. The molecule has 6 heteroatoms. The monoisotopic (exact) mass is 1070 g/mol. The van der Waals surface area contributed by atoms with E-state index in [1.54, 1.807) is 0 Å². The third kappa shape index (κ3) is 63.3. The van der Waals surface area contributed by atoms with Crippen LogP contribution in [0.1, 0.15) is 329 Å². The Hall–Kier alpha value is -3.41. The molecule has 0 aliphatic rings. The van der Waals surface area contributed by atoms with Gasteiger partial charge in [0.05, 0.1) is 0 Å². The van der Waals surface area contributed by atoms with Gasteiger partial charge in [-0.15, -0.1) is 0 Å². The summed E-state index contributed by atoms with van der Waals surface area (Å²) in [6, 6.07) is 0. The van der Waals surface area contributed by atoms with Crippen molar-refractivity contribution in [2.75, 3.05) is 13.2 Å². The molecule has 0 spiro atoms. The lowest BCUT2D eigenvalue weighted by Crippen LogP contribution is -2.30. The Morgan fingerprint density at radius 2 is 0.506 bits per heavy atom. The smallest absolute Gasteiger partial charge is 0.306 e. The first-order valence-corrected chi connectivity index (χ1v) is 33.1. The molecule has 0 aromatic rings. The zero-order chi connectivity index (χ0) is 55.7. The van der Waals surface area contributed by atoms with Gasteiger partial charge in [0.1, 0.15) is 13.2 Å². The van der Waals surface area contributed by atoms with Gasteiger partial charge < -0.3 is 14.2 Å². The fraction of sp³-hybridized carbons (Fsp3) is 0.761. The third-order valence-corrected chi connectivity index (χ3v) is 14.4. The van der Waals surface area contributed by atoms with Crippen LogP contribution in [0.25, 0.3) is 0 Å². The van der Waals surface area contributed by atoms with Crippen molar-refractivity contribution in [3.8, 4) is 0 Å². The van der Waals surface area contributed by atoms with Crippen molar-refractivity contribution in [1.29, 1.82) is 0 Å². The molecule has 0 saturated carbocycles. The average Bonchev–Trinajstić information content (AvgIpc) is 3.43. The van der Waals surface area contributed by atoms with E-state index >= 15 is 0 Å². The summed E-state index contributed by atoms with van der Waals surface area (Å²) in [7, 11) is 0. The minimum atomic E-state index is -0.805. The van der Waals surface area contributed by atoms with Crippen LogP contribution in [0.4, 0.5) is 0 Å². The highest BCUT2D eigenvalue weighted by Crippen LogP contribution is 2.17. The molecular weight excluding hydrogens is 949 g/mol. The van der Waals surface area contributed by atoms with Gasteiger partial charge in [-0.05, 0) is 70.6 Å². The molecule has 0 amide bonds. The molecular formula is C71H124O6. The second kappa shape index (κ2) is 65.1. The molecule has 6 nitrogen and oxygen atoms in total. The molecule has 0 aromatic heterocycles. The van der Waals surface area contributed by atoms with Gasteiger partial charge in [0.2, 0.25) is 0 Å². The van der Waals surface area contributed by atoms with Crippen molar-refractivity contribution < 1.29 is 28.6 Å². The van der Waals surface area contributed by atoms with E-state index in [0.717, 1.165) is 89.9 Å². The van der Waals surface area contributed by atoms with Gasteiger partial charge in [-0.1, -0.05) is 324 Å². The first-order valence-electron chi connectivity index (χ1n) is 33.1. The minimum absolute atomic E-state index is 0.0958. The molecule has 0 rings (SSSR count). The predicted octanol–water partition coefficient (Wildman–Crippen LogP) is 22.7. The van der Waals surface area contributed by atoms with Crippen molar-refractivity contribution in [1.82, 2.24) is 0 Å². The van der Waals surface area contributed by atoms with Gasteiger partial charge in [0.15, 0.2) is 6.10 Å². The van der Waals surface area contributed by atoms with Gasteiger partial charge in [-0.25, -0.2) is 0 Å². The molecule has 0 saturated heterocycles. The van der Waals surface area contributed by atoms with E-state index in [4.69, 9.17) is 14.2 Å². The lowest BCUT2D eigenvalue weighted by atomic mass is 10.0. The van der Waals surface area contributed by atoms with Crippen LogP contribution in [-0.2, 0) is 28.6 Å². The highest BCUT2D eigenvalue weighted by Gasteiger charge is 2.19. The topological polar surface area (TPSA) is 78.9 Å². The summed E-state index contributed by atoms with van der Waals surface area (Å²) in [4.78, 5) is 38.2. The number of carbonyl (C=O) groups excluding carboxylic acids is 3. The van der Waals surface area contributed by atoms with E-state index in [2.05, 4.69) is 106 Å². The minimum Gasteiger partial charge on any atom is -0.462 e. The van der Waals surface area contributed by atoms with Gasteiger partial charge in [0, 0.05) is 19.3 Å². The summed E-state index contributed by atoms with van der Waals surface area (Å²) in [6.07, 6.45) is 86.2. The fourth-order valence-electron chi connectivity index (χ4n) is 9.49. The van der Waals surface area contributed by atoms with Crippen molar-refractivity contribution >= 4 is 17.9 Å². The summed E-state index contributed by atoms with van der Waals surface area (Å²) in [6.45, 7) is 6.51. The van der Waals surface area contributed by atoms with E-state index in [1.165, 1.54) is 193 Å². The maximum Gasteiger partial charge on any atom is 0.306 e. The molecule has 0 fully saturated rings. The lowest BCUT2D eigenvalue weighted by Gasteiger charge is -2.18. The van der Waals surface area contributed by atoms with Gasteiger partial charge in [-0.2, -0.15) is 0 Å². The molecule has 444 valence electrons. The second-order valence-corrected chi connectivity index (χ2v) is 22.0. The summed E-state index contributed by atoms with van der Waals surface area (Å²) in [5.41, 5.74) is 0. The number of hydrogen-bond acceptors (Lipinski definition) is 6. The van der Waals surface area contributed by atoms with Gasteiger partial charge in [-0.3, -0.25) is 14.4 Å². The Labute approximate surface area is 477 Å². The van der Waals surface area contributed by atoms with E-state index < -0.39 is 6.10 Å². The largest absolute Gasteiger partial charge is 0.462 e.